The number of rotatable bonds is 7. The van der Waals surface area contributed by atoms with Crippen molar-refractivity contribution in [3.8, 4) is 0 Å². The SMILES string of the molecule is CC(C)N(Cc1ccccc1)C(=O)CCS(=O)(=O)N1CCCC1. The summed E-state index contributed by atoms with van der Waals surface area (Å²) in [7, 11) is -3.30. The molecule has 0 bridgehead atoms. The molecule has 1 aromatic carbocycles. The molecule has 0 radical (unpaired) electrons. The summed E-state index contributed by atoms with van der Waals surface area (Å²) in [4.78, 5) is 14.2. The molecule has 128 valence electrons. The molecular weight excluding hydrogens is 312 g/mol. The minimum atomic E-state index is -3.30. The molecule has 1 amide bonds. The zero-order valence-electron chi connectivity index (χ0n) is 13.9. The Bertz CT molecular complexity index is 608. The van der Waals surface area contributed by atoms with E-state index in [1.54, 1.807) is 4.90 Å². The van der Waals surface area contributed by atoms with Gasteiger partial charge in [0.1, 0.15) is 0 Å². The maximum Gasteiger partial charge on any atom is 0.224 e. The van der Waals surface area contributed by atoms with Crippen molar-refractivity contribution in [2.75, 3.05) is 18.8 Å². The van der Waals surface area contributed by atoms with Crippen LogP contribution >= 0.6 is 0 Å². The Balaban J connectivity index is 1.96. The first-order valence-electron chi connectivity index (χ1n) is 8.21. The molecule has 0 aromatic heterocycles. The van der Waals surface area contributed by atoms with Crippen molar-refractivity contribution < 1.29 is 13.2 Å². The summed E-state index contributed by atoms with van der Waals surface area (Å²) in [5.74, 6) is -0.198. The molecule has 1 fully saturated rings. The van der Waals surface area contributed by atoms with E-state index in [0.717, 1.165) is 18.4 Å². The van der Waals surface area contributed by atoms with Crippen molar-refractivity contribution in [2.24, 2.45) is 0 Å². The van der Waals surface area contributed by atoms with E-state index in [9.17, 15) is 13.2 Å². The fourth-order valence-corrected chi connectivity index (χ4v) is 4.30. The molecule has 0 saturated carbocycles. The molecule has 5 nitrogen and oxygen atoms in total. The largest absolute Gasteiger partial charge is 0.336 e. The van der Waals surface area contributed by atoms with Crippen LogP contribution < -0.4 is 0 Å². The summed E-state index contributed by atoms with van der Waals surface area (Å²) in [5, 5.41) is 0. The average Bonchev–Trinajstić information content (AvgIpc) is 3.06. The summed E-state index contributed by atoms with van der Waals surface area (Å²) >= 11 is 0. The van der Waals surface area contributed by atoms with Gasteiger partial charge in [-0.05, 0) is 32.3 Å². The molecule has 1 aliphatic heterocycles. The van der Waals surface area contributed by atoms with E-state index >= 15 is 0 Å². The van der Waals surface area contributed by atoms with Crippen LogP contribution in [-0.4, -0.2) is 48.4 Å². The Morgan fingerprint density at radius 2 is 1.78 bits per heavy atom. The van der Waals surface area contributed by atoms with Gasteiger partial charge in [0.2, 0.25) is 15.9 Å². The normalized spacial score (nSPS) is 16.0. The van der Waals surface area contributed by atoms with Crippen molar-refractivity contribution in [3.05, 3.63) is 35.9 Å². The maximum absolute atomic E-state index is 12.5. The smallest absolute Gasteiger partial charge is 0.224 e. The second-order valence-corrected chi connectivity index (χ2v) is 8.36. The second-order valence-electron chi connectivity index (χ2n) is 6.27. The Kier molecular flexibility index (Phi) is 6.18. The third-order valence-corrected chi connectivity index (χ3v) is 6.04. The molecular formula is C17H26N2O3S. The quantitative estimate of drug-likeness (QED) is 0.766. The molecule has 0 unspecified atom stereocenters. The summed E-state index contributed by atoms with van der Waals surface area (Å²) < 4.78 is 26.0. The number of carbonyl (C=O) groups excluding carboxylic acids is 1. The lowest BCUT2D eigenvalue weighted by Crippen LogP contribution is -2.38. The highest BCUT2D eigenvalue weighted by molar-refractivity contribution is 7.89. The predicted octanol–water partition coefficient (Wildman–Crippen LogP) is 2.24. The molecule has 6 heteroatoms. The number of sulfonamides is 1. The zero-order chi connectivity index (χ0) is 16.9. The van der Waals surface area contributed by atoms with Crippen LogP contribution in [0.5, 0.6) is 0 Å². The average molecular weight is 338 g/mol. The van der Waals surface area contributed by atoms with Crippen LogP contribution in [0.4, 0.5) is 0 Å². The Morgan fingerprint density at radius 3 is 2.35 bits per heavy atom. The Hall–Kier alpha value is -1.40. The van der Waals surface area contributed by atoms with Gasteiger partial charge in [-0.15, -0.1) is 0 Å². The molecule has 0 N–H and O–H groups in total. The lowest BCUT2D eigenvalue weighted by Gasteiger charge is -2.27. The summed E-state index contributed by atoms with van der Waals surface area (Å²) in [6.45, 7) is 5.61. The molecule has 23 heavy (non-hydrogen) atoms. The lowest BCUT2D eigenvalue weighted by atomic mass is 10.2. The van der Waals surface area contributed by atoms with Gasteiger partial charge in [0, 0.05) is 32.1 Å². The van der Waals surface area contributed by atoms with Gasteiger partial charge in [0.25, 0.3) is 0 Å². The highest BCUT2D eigenvalue weighted by atomic mass is 32.2. The predicted molar refractivity (Wildman–Crippen MR) is 91.3 cm³/mol. The van der Waals surface area contributed by atoms with Crippen LogP contribution in [0.15, 0.2) is 30.3 Å². The van der Waals surface area contributed by atoms with Crippen LogP contribution in [0.2, 0.25) is 0 Å². The first kappa shape index (κ1) is 17.9. The van der Waals surface area contributed by atoms with Crippen LogP contribution in [0.3, 0.4) is 0 Å². The molecule has 1 heterocycles. The van der Waals surface area contributed by atoms with E-state index < -0.39 is 10.0 Å². The molecule has 1 aliphatic rings. The number of hydrogen-bond acceptors (Lipinski definition) is 3. The van der Waals surface area contributed by atoms with Crippen LogP contribution in [0.1, 0.15) is 38.7 Å². The topological polar surface area (TPSA) is 57.7 Å². The van der Waals surface area contributed by atoms with E-state index in [0.29, 0.717) is 19.6 Å². The van der Waals surface area contributed by atoms with E-state index in [1.165, 1.54) is 4.31 Å². The van der Waals surface area contributed by atoms with Gasteiger partial charge in [-0.2, -0.15) is 0 Å². The zero-order valence-corrected chi connectivity index (χ0v) is 14.8. The van der Waals surface area contributed by atoms with Crippen LogP contribution in [-0.2, 0) is 21.4 Å². The van der Waals surface area contributed by atoms with Gasteiger partial charge < -0.3 is 4.90 Å². The number of hydrogen-bond donors (Lipinski definition) is 0. The van der Waals surface area contributed by atoms with Gasteiger partial charge >= 0.3 is 0 Å². The maximum atomic E-state index is 12.5. The number of benzene rings is 1. The van der Waals surface area contributed by atoms with Crippen LogP contribution in [0.25, 0.3) is 0 Å². The standard InChI is InChI=1S/C17H26N2O3S/c1-15(2)19(14-16-8-4-3-5-9-16)17(20)10-13-23(21,22)18-11-6-7-12-18/h3-5,8-9,15H,6-7,10-14H2,1-2H3. The molecule has 2 rings (SSSR count). The molecule has 0 atom stereocenters. The summed E-state index contributed by atoms with van der Waals surface area (Å²) in [6.07, 6.45) is 1.88. The summed E-state index contributed by atoms with van der Waals surface area (Å²) in [6, 6.07) is 9.81. The van der Waals surface area contributed by atoms with Crippen molar-refractivity contribution in [1.29, 1.82) is 0 Å². The first-order valence-corrected chi connectivity index (χ1v) is 9.82. The van der Waals surface area contributed by atoms with Crippen LogP contribution in [0, 0.1) is 0 Å². The number of nitrogens with zero attached hydrogens (tertiary/aromatic N) is 2. The Labute approximate surface area is 139 Å². The van der Waals surface area contributed by atoms with Crippen molar-refractivity contribution in [2.45, 2.75) is 45.7 Å². The van der Waals surface area contributed by atoms with Gasteiger partial charge in [0.15, 0.2) is 0 Å². The van der Waals surface area contributed by atoms with E-state index in [2.05, 4.69) is 0 Å². The van der Waals surface area contributed by atoms with Crippen molar-refractivity contribution >= 4 is 15.9 Å². The van der Waals surface area contributed by atoms with Crippen molar-refractivity contribution in [1.82, 2.24) is 9.21 Å². The third-order valence-electron chi connectivity index (χ3n) is 4.17. The lowest BCUT2D eigenvalue weighted by molar-refractivity contribution is -0.133. The summed E-state index contributed by atoms with van der Waals surface area (Å²) in [5.41, 5.74) is 1.05. The van der Waals surface area contributed by atoms with Gasteiger partial charge in [-0.1, -0.05) is 30.3 Å². The number of carbonyl (C=O) groups is 1. The van der Waals surface area contributed by atoms with E-state index in [4.69, 9.17) is 0 Å². The van der Waals surface area contributed by atoms with Gasteiger partial charge in [0.05, 0.1) is 5.75 Å². The molecule has 0 aliphatic carbocycles. The molecule has 1 aromatic rings. The fourth-order valence-electron chi connectivity index (χ4n) is 2.79. The minimum absolute atomic E-state index is 0.0391. The highest BCUT2D eigenvalue weighted by Gasteiger charge is 2.27. The minimum Gasteiger partial charge on any atom is -0.336 e. The Morgan fingerprint density at radius 1 is 1.17 bits per heavy atom. The molecule has 1 saturated heterocycles. The van der Waals surface area contributed by atoms with Gasteiger partial charge in [-0.25, -0.2) is 12.7 Å². The van der Waals surface area contributed by atoms with E-state index in [-0.39, 0.29) is 24.1 Å². The van der Waals surface area contributed by atoms with Crippen molar-refractivity contribution in [3.63, 3.8) is 0 Å². The second kappa shape index (κ2) is 7.93. The number of amides is 1. The monoisotopic (exact) mass is 338 g/mol. The fraction of sp³-hybridized carbons (Fsp3) is 0.588. The highest BCUT2D eigenvalue weighted by Crippen LogP contribution is 2.15. The van der Waals surface area contributed by atoms with E-state index in [1.807, 2.05) is 44.2 Å². The van der Waals surface area contributed by atoms with Gasteiger partial charge in [-0.3, -0.25) is 4.79 Å². The first-order chi connectivity index (χ1) is 10.9. The molecule has 0 spiro atoms. The third kappa shape index (κ3) is 5.04.